The molecule has 2 aliphatic rings. The van der Waals surface area contributed by atoms with Crippen molar-refractivity contribution in [1.29, 1.82) is 0 Å². The highest BCUT2D eigenvalue weighted by Gasteiger charge is 2.39. The Labute approximate surface area is 102 Å². The van der Waals surface area contributed by atoms with Crippen LogP contribution in [0.4, 0.5) is 0 Å². The van der Waals surface area contributed by atoms with Gasteiger partial charge in [-0.15, -0.1) is 0 Å². The van der Waals surface area contributed by atoms with E-state index in [-0.39, 0.29) is 5.60 Å². The standard InChI is InChI=1S/C14H17ClO/c15-12-6-5-11-10-14(16-13(11)9-12)7-3-1-2-4-8-14/h5-6,9H,1-4,7-8,10H2. The van der Waals surface area contributed by atoms with Gasteiger partial charge in [-0.2, -0.15) is 0 Å². The minimum Gasteiger partial charge on any atom is -0.487 e. The Balaban J connectivity index is 1.87. The van der Waals surface area contributed by atoms with Gasteiger partial charge in [0.25, 0.3) is 0 Å². The van der Waals surface area contributed by atoms with Gasteiger partial charge in [0.1, 0.15) is 11.4 Å². The minimum absolute atomic E-state index is 0.101. The van der Waals surface area contributed by atoms with Crippen LogP contribution in [0.5, 0.6) is 5.75 Å². The molecule has 1 nitrogen and oxygen atoms in total. The Kier molecular flexibility index (Phi) is 2.59. The maximum atomic E-state index is 6.21. The van der Waals surface area contributed by atoms with E-state index in [1.807, 2.05) is 12.1 Å². The molecule has 86 valence electrons. The van der Waals surface area contributed by atoms with Crippen LogP contribution in [0.2, 0.25) is 5.02 Å². The molecule has 2 heteroatoms. The van der Waals surface area contributed by atoms with Crippen molar-refractivity contribution in [2.75, 3.05) is 0 Å². The van der Waals surface area contributed by atoms with Crippen LogP contribution in [-0.4, -0.2) is 5.60 Å². The second-order valence-corrected chi connectivity index (χ2v) is 5.56. The molecule has 0 unspecified atom stereocenters. The number of benzene rings is 1. The molecule has 0 saturated heterocycles. The molecule has 1 fully saturated rings. The zero-order valence-corrected chi connectivity index (χ0v) is 10.2. The number of rotatable bonds is 0. The average Bonchev–Trinajstić information content (AvgIpc) is 2.44. The van der Waals surface area contributed by atoms with Gasteiger partial charge in [0.15, 0.2) is 0 Å². The van der Waals surface area contributed by atoms with Gasteiger partial charge >= 0.3 is 0 Å². The fraction of sp³-hybridized carbons (Fsp3) is 0.571. The lowest BCUT2D eigenvalue weighted by Gasteiger charge is -2.27. The summed E-state index contributed by atoms with van der Waals surface area (Å²) in [6.45, 7) is 0. The Morgan fingerprint density at radius 1 is 1.06 bits per heavy atom. The molecule has 0 N–H and O–H groups in total. The van der Waals surface area contributed by atoms with Crippen LogP contribution in [0, 0.1) is 0 Å². The number of ether oxygens (including phenoxy) is 1. The van der Waals surface area contributed by atoms with Crippen LogP contribution < -0.4 is 4.74 Å². The van der Waals surface area contributed by atoms with Crippen molar-refractivity contribution >= 4 is 11.6 Å². The third-order valence-corrected chi connectivity index (χ3v) is 4.12. The molecule has 0 amide bonds. The maximum absolute atomic E-state index is 6.21. The number of hydrogen-bond acceptors (Lipinski definition) is 1. The Morgan fingerprint density at radius 3 is 2.56 bits per heavy atom. The van der Waals surface area contributed by atoms with Crippen LogP contribution in [-0.2, 0) is 6.42 Å². The number of halogens is 1. The predicted octanol–water partition coefficient (Wildman–Crippen LogP) is 4.37. The third kappa shape index (κ3) is 1.82. The van der Waals surface area contributed by atoms with Crippen LogP contribution in [0.1, 0.15) is 44.1 Å². The molecule has 0 radical (unpaired) electrons. The van der Waals surface area contributed by atoms with E-state index in [1.165, 1.54) is 44.1 Å². The summed E-state index contributed by atoms with van der Waals surface area (Å²) in [7, 11) is 0. The first-order chi connectivity index (χ1) is 7.77. The van der Waals surface area contributed by atoms with E-state index in [1.54, 1.807) is 0 Å². The van der Waals surface area contributed by atoms with Crippen molar-refractivity contribution in [1.82, 2.24) is 0 Å². The average molecular weight is 237 g/mol. The molecule has 0 atom stereocenters. The molecule has 3 rings (SSSR count). The van der Waals surface area contributed by atoms with Gasteiger partial charge in [-0.1, -0.05) is 30.5 Å². The molecular weight excluding hydrogens is 220 g/mol. The number of fused-ring (bicyclic) bond motifs is 1. The van der Waals surface area contributed by atoms with Gasteiger partial charge < -0.3 is 4.74 Å². The van der Waals surface area contributed by atoms with Gasteiger partial charge in [0.05, 0.1) is 0 Å². The molecule has 16 heavy (non-hydrogen) atoms. The van der Waals surface area contributed by atoms with E-state index in [2.05, 4.69) is 6.07 Å². The van der Waals surface area contributed by atoms with E-state index >= 15 is 0 Å². The van der Waals surface area contributed by atoms with Crippen molar-refractivity contribution in [3.63, 3.8) is 0 Å². The molecule has 1 heterocycles. The van der Waals surface area contributed by atoms with E-state index < -0.39 is 0 Å². The summed E-state index contributed by atoms with van der Waals surface area (Å²) >= 11 is 6.00. The molecule has 1 aromatic carbocycles. The molecule has 0 aromatic heterocycles. The van der Waals surface area contributed by atoms with Gasteiger partial charge in [-0.3, -0.25) is 0 Å². The lowest BCUT2D eigenvalue weighted by Crippen LogP contribution is -2.33. The summed E-state index contributed by atoms with van der Waals surface area (Å²) in [4.78, 5) is 0. The summed E-state index contributed by atoms with van der Waals surface area (Å²) in [6, 6.07) is 6.06. The lowest BCUT2D eigenvalue weighted by molar-refractivity contribution is 0.0773. The fourth-order valence-corrected chi connectivity index (χ4v) is 3.20. The van der Waals surface area contributed by atoms with Crippen molar-refractivity contribution in [2.45, 2.75) is 50.5 Å². The SMILES string of the molecule is Clc1ccc2c(c1)OC1(CCCCCC1)C2. The second kappa shape index (κ2) is 3.96. The molecular formula is C14H17ClO. The fourth-order valence-electron chi connectivity index (χ4n) is 3.04. The van der Waals surface area contributed by atoms with Crippen LogP contribution >= 0.6 is 11.6 Å². The topological polar surface area (TPSA) is 9.23 Å². The minimum atomic E-state index is 0.101. The highest BCUT2D eigenvalue weighted by molar-refractivity contribution is 6.30. The first-order valence-corrected chi connectivity index (χ1v) is 6.63. The van der Waals surface area contributed by atoms with E-state index in [0.29, 0.717) is 0 Å². The van der Waals surface area contributed by atoms with Gasteiger partial charge in [0.2, 0.25) is 0 Å². The summed E-state index contributed by atoms with van der Waals surface area (Å²) in [5, 5.41) is 0.782. The van der Waals surface area contributed by atoms with Crippen molar-refractivity contribution < 1.29 is 4.74 Å². The summed E-state index contributed by atoms with van der Waals surface area (Å²) in [6.07, 6.45) is 8.84. The van der Waals surface area contributed by atoms with E-state index in [9.17, 15) is 0 Å². The van der Waals surface area contributed by atoms with E-state index in [0.717, 1.165) is 17.2 Å². The van der Waals surface area contributed by atoms with Crippen molar-refractivity contribution in [3.8, 4) is 5.75 Å². The summed E-state index contributed by atoms with van der Waals surface area (Å²) < 4.78 is 6.21. The second-order valence-electron chi connectivity index (χ2n) is 5.13. The third-order valence-electron chi connectivity index (χ3n) is 3.88. The quantitative estimate of drug-likeness (QED) is 0.650. The zero-order valence-electron chi connectivity index (χ0n) is 9.47. The van der Waals surface area contributed by atoms with Crippen LogP contribution in [0.15, 0.2) is 18.2 Å². The van der Waals surface area contributed by atoms with Gasteiger partial charge in [-0.25, -0.2) is 0 Å². The molecule has 1 spiro atoms. The summed E-state index contributed by atoms with van der Waals surface area (Å²) in [5.41, 5.74) is 1.44. The largest absolute Gasteiger partial charge is 0.487 e. The maximum Gasteiger partial charge on any atom is 0.124 e. The van der Waals surface area contributed by atoms with E-state index in [4.69, 9.17) is 16.3 Å². The van der Waals surface area contributed by atoms with Gasteiger partial charge in [-0.05, 0) is 43.4 Å². The van der Waals surface area contributed by atoms with Crippen molar-refractivity contribution in [2.24, 2.45) is 0 Å². The first kappa shape index (κ1) is 10.5. The Bertz CT molecular complexity index is 392. The highest BCUT2D eigenvalue weighted by Crippen LogP contribution is 2.43. The molecule has 1 aliphatic carbocycles. The molecule has 0 bridgehead atoms. The Hall–Kier alpha value is -0.690. The monoisotopic (exact) mass is 236 g/mol. The number of hydrogen-bond donors (Lipinski definition) is 0. The molecule has 1 aliphatic heterocycles. The lowest BCUT2D eigenvalue weighted by atomic mass is 9.89. The van der Waals surface area contributed by atoms with Gasteiger partial charge in [0, 0.05) is 11.4 Å². The predicted molar refractivity (Wildman–Crippen MR) is 66.2 cm³/mol. The first-order valence-electron chi connectivity index (χ1n) is 6.25. The zero-order chi connectivity index (χ0) is 11.0. The van der Waals surface area contributed by atoms with Crippen LogP contribution in [0.25, 0.3) is 0 Å². The normalized spacial score (nSPS) is 22.6. The molecule has 1 saturated carbocycles. The van der Waals surface area contributed by atoms with Crippen LogP contribution in [0.3, 0.4) is 0 Å². The molecule has 1 aromatic rings. The Morgan fingerprint density at radius 2 is 1.81 bits per heavy atom. The van der Waals surface area contributed by atoms with Crippen molar-refractivity contribution in [3.05, 3.63) is 28.8 Å². The highest BCUT2D eigenvalue weighted by atomic mass is 35.5. The smallest absolute Gasteiger partial charge is 0.124 e. The summed E-state index contributed by atoms with van der Waals surface area (Å²) in [5.74, 6) is 1.02.